The fourth-order valence-corrected chi connectivity index (χ4v) is 3.64. The van der Waals surface area contributed by atoms with Crippen molar-refractivity contribution in [2.45, 2.75) is 6.92 Å². The molecule has 0 saturated carbocycles. The van der Waals surface area contributed by atoms with E-state index in [1.807, 2.05) is 49.4 Å². The van der Waals surface area contributed by atoms with Crippen molar-refractivity contribution in [1.29, 1.82) is 0 Å². The second-order valence-electron chi connectivity index (χ2n) is 7.40. The van der Waals surface area contributed by atoms with E-state index in [4.69, 9.17) is 10.3 Å². The molecule has 0 saturated heterocycles. The van der Waals surface area contributed by atoms with Crippen molar-refractivity contribution >= 4 is 33.6 Å². The van der Waals surface area contributed by atoms with Crippen LogP contribution in [0.4, 0.5) is 0 Å². The second-order valence-corrected chi connectivity index (χ2v) is 7.40. The van der Waals surface area contributed by atoms with Crippen molar-refractivity contribution in [1.82, 2.24) is 5.16 Å². The number of benzene rings is 4. The van der Waals surface area contributed by atoms with Gasteiger partial charge in [-0.1, -0.05) is 83.5 Å². The van der Waals surface area contributed by atoms with Gasteiger partial charge in [-0.05, 0) is 34.5 Å². The van der Waals surface area contributed by atoms with Crippen LogP contribution in [0.5, 0.6) is 0 Å². The molecule has 0 unspecified atom stereocenters. The minimum atomic E-state index is 0.198. The Labute approximate surface area is 179 Å². The molecule has 31 heavy (non-hydrogen) atoms. The average Bonchev–Trinajstić information content (AvgIpc) is 3.30. The van der Waals surface area contributed by atoms with Crippen molar-refractivity contribution < 1.29 is 4.52 Å². The topological polar surface area (TPSA) is 76.8 Å². The third-order valence-corrected chi connectivity index (χ3v) is 5.27. The van der Waals surface area contributed by atoms with Crippen LogP contribution in [-0.2, 0) is 0 Å². The van der Waals surface area contributed by atoms with Gasteiger partial charge in [0.05, 0.1) is 6.21 Å². The summed E-state index contributed by atoms with van der Waals surface area (Å²) in [6, 6.07) is 28.5. The molecule has 2 N–H and O–H groups in total. The van der Waals surface area contributed by atoms with E-state index in [0.29, 0.717) is 11.5 Å². The molecule has 0 amide bonds. The van der Waals surface area contributed by atoms with Gasteiger partial charge in [-0.3, -0.25) is 0 Å². The van der Waals surface area contributed by atoms with Gasteiger partial charge in [0.25, 0.3) is 0 Å². The lowest BCUT2D eigenvalue weighted by Crippen LogP contribution is -2.12. The first-order valence-corrected chi connectivity index (χ1v) is 10.0. The largest absolute Gasteiger partial charge is 0.380 e. The quantitative estimate of drug-likeness (QED) is 0.181. The molecule has 5 aromatic rings. The molecule has 0 radical (unpaired) electrons. The molecule has 1 heterocycles. The Morgan fingerprint density at radius 3 is 2.39 bits per heavy atom. The van der Waals surface area contributed by atoms with Crippen LogP contribution in [-0.4, -0.2) is 17.2 Å². The highest BCUT2D eigenvalue weighted by atomic mass is 16.5. The molecule has 5 nitrogen and oxygen atoms in total. The summed E-state index contributed by atoms with van der Waals surface area (Å²) in [6.45, 7) is 2.04. The van der Waals surface area contributed by atoms with Gasteiger partial charge in [0.15, 0.2) is 17.3 Å². The van der Waals surface area contributed by atoms with Crippen LogP contribution in [0.15, 0.2) is 99.7 Å². The predicted octanol–water partition coefficient (Wildman–Crippen LogP) is 5.70. The zero-order chi connectivity index (χ0) is 21.2. The highest BCUT2D eigenvalue weighted by Crippen LogP contribution is 2.28. The molecule has 0 aliphatic heterocycles. The van der Waals surface area contributed by atoms with Crippen LogP contribution in [0.3, 0.4) is 0 Å². The summed E-state index contributed by atoms with van der Waals surface area (Å²) < 4.78 is 5.42. The Kier molecular flexibility index (Phi) is 4.77. The van der Waals surface area contributed by atoms with E-state index in [1.165, 1.54) is 16.3 Å². The summed E-state index contributed by atoms with van der Waals surface area (Å²) in [4.78, 5) is 0. The fraction of sp³-hybridized carbons (Fsp3) is 0.0385. The first kappa shape index (κ1) is 18.8. The SMILES string of the molecule is Cc1ccc(-c2cc(C(N)=NN=Cc3cc4ccccc4c4ccccc34)no2)cc1. The second kappa shape index (κ2) is 7.88. The van der Waals surface area contributed by atoms with Gasteiger partial charge in [0.2, 0.25) is 0 Å². The summed E-state index contributed by atoms with van der Waals surface area (Å²) in [6.07, 6.45) is 1.72. The maximum absolute atomic E-state index is 6.09. The summed E-state index contributed by atoms with van der Waals surface area (Å²) >= 11 is 0. The molecule has 0 fully saturated rings. The van der Waals surface area contributed by atoms with Crippen LogP contribution in [0.1, 0.15) is 16.8 Å². The van der Waals surface area contributed by atoms with Gasteiger partial charge in [-0.25, -0.2) is 0 Å². The fourth-order valence-electron chi connectivity index (χ4n) is 3.64. The molecule has 0 atom stereocenters. The van der Waals surface area contributed by atoms with E-state index < -0.39 is 0 Å². The van der Waals surface area contributed by atoms with E-state index in [2.05, 4.69) is 51.8 Å². The van der Waals surface area contributed by atoms with E-state index in [9.17, 15) is 0 Å². The molecule has 1 aromatic heterocycles. The summed E-state index contributed by atoms with van der Waals surface area (Å²) in [5.74, 6) is 0.834. The third kappa shape index (κ3) is 3.69. The first-order chi connectivity index (χ1) is 15.2. The number of rotatable bonds is 4. The van der Waals surface area contributed by atoms with Crippen LogP contribution >= 0.6 is 0 Å². The number of nitrogens with zero attached hydrogens (tertiary/aromatic N) is 3. The van der Waals surface area contributed by atoms with Gasteiger partial charge >= 0.3 is 0 Å². The molecular weight excluding hydrogens is 384 g/mol. The van der Waals surface area contributed by atoms with Crippen molar-refractivity contribution in [3.63, 3.8) is 0 Å². The van der Waals surface area contributed by atoms with E-state index >= 15 is 0 Å². The minimum Gasteiger partial charge on any atom is -0.380 e. The Morgan fingerprint density at radius 1 is 0.871 bits per heavy atom. The number of nitrogens with two attached hydrogens (primary N) is 1. The van der Waals surface area contributed by atoms with Crippen molar-refractivity contribution in [2.75, 3.05) is 0 Å². The van der Waals surface area contributed by atoms with Crippen molar-refractivity contribution in [3.05, 3.63) is 102 Å². The average molecular weight is 404 g/mol. The van der Waals surface area contributed by atoms with Crippen molar-refractivity contribution in [2.24, 2.45) is 15.9 Å². The monoisotopic (exact) mass is 404 g/mol. The summed E-state index contributed by atoms with van der Waals surface area (Å²) in [5, 5.41) is 17.0. The number of aryl methyl sites for hydroxylation is 1. The zero-order valence-corrected chi connectivity index (χ0v) is 17.0. The highest BCUT2D eigenvalue weighted by molar-refractivity contribution is 6.14. The van der Waals surface area contributed by atoms with E-state index in [1.54, 1.807) is 12.3 Å². The van der Waals surface area contributed by atoms with Crippen LogP contribution < -0.4 is 5.73 Å². The van der Waals surface area contributed by atoms with Gasteiger partial charge in [0.1, 0.15) is 0 Å². The summed E-state index contributed by atoms with van der Waals surface area (Å²) in [7, 11) is 0. The predicted molar refractivity (Wildman–Crippen MR) is 126 cm³/mol. The smallest absolute Gasteiger partial charge is 0.175 e. The number of fused-ring (bicyclic) bond motifs is 3. The third-order valence-electron chi connectivity index (χ3n) is 5.27. The lowest BCUT2D eigenvalue weighted by Gasteiger charge is -2.06. The molecule has 0 aliphatic rings. The Morgan fingerprint density at radius 2 is 1.58 bits per heavy atom. The molecule has 4 aromatic carbocycles. The molecule has 0 aliphatic carbocycles. The highest BCUT2D eigenvalue weighted by Gasteiger charge is 2.10. The standard InChI is InChI=1S/C26H20N4O/c1-17-10-12-18(13-11-17)25-15-24(30-31-25)26(27)29-28-16-20-14-19-6-2-3-7-21(19)23-9-5-4-8-22(20)23/h2-16H,1H3,(H2,27,29). The van der Waals surface area contributed by atoms with Crippen LogP contribution in [0.2, 0.25) is 0 Å². The molecule has 150 valence electrons. The number of aromatic nitrogens is 1. The van der Waals surface area contributed by atoms with E-state index in [-0.39, 0.29) is 5.84 Å². The molecule has 5 rings (SSSR count). The van der Waals surface area contributed by atoms with Gasteiger partial charge in [-0.15, -0.1) is 5.10 Å². The lowest BCUT2D eigenvalue weighted by molar-refractivity contribution is 0.430. The molecular formula is C26H20N4O. The Balaban J connectivity index is 1.45. The Hall–Kier alpha value is -4.25. The van der Waals surface area contributed by atoms with Gasteiger partial charge in [-0.2, -0.15) is 5.10 Å². The molecule has 0 bridgehead atoms. The van der Waals surface area contributed by atoms with Gasteiger partial charge < -0.3 is 10.3 Å². The number of hydrogen-bond donors (Lipinski definition) is 1. The van der Waals surface area contributed by atoms with E-state index in [0.717, 1.165) is 21.9 Å². The molecule has 0 spiro atoms. The Bertz CT molecular complexity index is 1450. The molecule has 5 heteroatoms. The summed E-state index contributed by atoms with van der Waals surface area (Å²) in [5.41, 5.74) is 9.64. The zero-order valence-electron chi connectivity index (χ0n) is 17.0. The van der Waals surface area contributed by atoms with Crippen LogP contribution in [0.25, 0.3) is 32.9 Å². The maximum atomic E-state index is 6.09. The van der Waals surface area contributed by atoms with Crippen molar-refractivity contribution in [3.8, 4) is 11.3 Å². The maximum Gasteiger partial charge on any atom is 0.175 e. The number of amidine groups is 1. The van der Waals surface area contributed by atoms with Gasteiger partial charge in [0, 0.05) is 17.2 Å². The normalized spacial score (nSPS) is 12.2. The van der Waals surface area contributed by atoms with Crippen LogP contribution in [0, 0.1) is 6.92 Å². The lowest BCUT2D eigenvalue weighted by atomic mass is 9.98. The number of hydrogen-bond acceptors (Lipinski definition) is 4. The first-order valence-electron chi connectivity index (χ1n) is 10.0. The minimum absolute atomic E-state index is 0.198.